The Balaban J connectivity index is 2.94. The first-order chi connectivity index (χ1) is 5.29. The van der Waals surface area contributed by atoms with Gasteiger partial charge in [-0.05, 0) is 28.9 Å². The zero-order valence-corrected chi connectivity index (χ0v) is 7.55. The Kier molecular flexibility index (Phi) is 1.46. The van der Waals surface area contributed by atoms with Crippen molar-refractivity contribution in [2.45, 2.75) is 6.92 Å². The summed E-state index contributed by atoms with van der Waals surface area (Å²) < 4.78 is 6.25. The zero-order chi connectivity index (χ0) is 7.84. The van der Waals surface area contributed by atoms with Crippen molar-refractivity contribution in [3.63, 3.8) is 0 Å². The molecule has 0 N–H and O–H groups in total. The second kappa shape index (κ2) is 2.34. The van der Waals surface area contributed by atoms with Gasteiger partial charge in [0.2, 0.25) is 0 Å². The molecule has 2 aromatic heterocycles. The molecule has 2 nitrogen and oxygen atoms in total. The predicted octanol–water partition coefficient (Wildman–Crippen LogP) is 2.90. The lowest BCUT2D eigenvalue weighted by atomic mass is 10.3. The Morgan fingerprint density at radius 1 is 1.55 bits per heavy atom. The molecule has 2 rings (SSSR count). The molecule has 0 spiro atoms. The molecule has 3 heteroatoms. The van der Waals surface area contributed by atoms with E-state index in [1.807, 2.05) is 13.0 Å². The molecule has 0 radical (unpaired) electrons. The Labute approximate surface area is 72.4 Å². The van der Waals surface area contributed by atoms with E-state index in [-0.39, 0.29) is 0 Å². The number of nitrogens with zero attached hydrogens (tertiary/aromatic N) is 1. The highest BCUT2D eigenvalue weighted by molar-refractivity contribution is 9.10. The molecule has 0 aliphatic rings. The van der Waals surface area contributed by atoms with E-state index in [1.54, 1.807) is 12.5 Å². The van der Waals surface area contributed by atoms with Gasteiger partial charge in [0.15, 0.2) is 5.58 Å². The number of hydrogen-bond acceptors (Lipinski definition) is 2. The smallest absolute Gasteiger partial charge is 0.156 e. The van der Waals surface area contributed by atoms with Gasteiger partial charge in [-0.1, -0.05) is 0 Å². The summed E-state index contributed by atoms with van der Waals surface area (Å²) in [7, 11) is 0. The molecule has 2 aromatic rings. The van der Waals surface area contributed by atoms with Gasteiger partial charge in [-0.25, -0.2) is 0 Å². The summed E-state index contributed by atoms with van der Waals surface area (Å²) in [5.41, 5.74) is 1.78. The molecule has 11 heavy (non-hydrogen) atoms. The van der Waals surface area contributed by atoms with Gasteiger partial charge in [0, 0.05) is 11.6 Å². The molecule has 0 bridgehead atoms. The van der Waals surface area contributed by atoms with Gasteiger partial charge in [-0.2, -0.15) is 0 Å². The maximum Gasteiger partial charge on any atom is 0.156 e. The molecule has 0 amide bonds. The van der Waals surface area contributed by atoms with E-state index in [9.17, 15) is 0 Å². The molecule has 2 heterocycles. The van der Waals surface area contributed by atoms with Crippen LogP contribution in [0.5, 0.6) is 0 Å². The number of aryl methyl sites for hydroxylation is 1. The number of fused-ring (bicyclic) bond motifs is 1. The minimum absolute atomic E-state index is 0.861. The molecule has 0 aromatic carbocycles. The third-order valence-electron chi connectivity index (χ3n) is 1.62. The number of halogens is 1. The summed E-state index contributed by atoms with van der Waals surface area (Å²) in [6, 6.07) is 1.93. The van der Waals surface area contributed by atoms with E-state index in [4.69, 9.17) is 4.42 Å². The largest absolute Gasteiger partial charge is 0.461 e. The molecule has 0 saturated heterocycles. The fraction of sp³-hybridized carbons (Fsp3) is 0.125. The van der Waals surface area contributed by atoms with Gasteiger partial charge in [-0.15, -0.1) is 0 Å². The van der Waals surface area contributed by atoms with Crippen LogP contribution in [0.3, 0.4) is 0 Å². The molecule has 0 saturated carbocycles. The van der Waals surface area contributed by atoms with E-state index >= 15 is 0 Å². The van der Waals surface area contributed by atoms with Crippen molar-refractivity contribution >= 4 is 26.9 Å². The quantitative estimate of drug-likeness (QED) is 0.670. The number of aromatic nitrogens is 1. The van der Waals surface area contributed by atoms with Crippen molar-refractivity contribution in [2.75, 3.05) is 0 Å². The minimum Gasteiger partial charge on any atom is -0.461 e. The Bertz CT molecular complexity index is 394. The monoisotopic (exact) mass is 211 g/mol. The van der Waals surface area contributed by atoms with Crippen molar-refractivity contribution in [1.29, 1.82) is 0 Å². The molecule has 0 atom stereocenters. The van der Waals surface area contributed by atoms with E-state index in [2.05, 4.69) is 20.9 Å². The lowest BCUT2D eigenvalue weighted by molar-refractivity contribution is 0.609. The molecule has 56 valence electrons. The van der Waals surface area contributed by atoms with Crippen LogP contribution in [0.4, 0.5) is 0 Å². The molecule has 0 fully saturated rings. The zero-order valence-electron chi connectivity index (χ0n) is 5.97. The van der Waals surface area contributed by atoms with Gasteiger partial charge in [-0.3, -0.25) is 4.98 Å². The number of pyridine rings is 1. The molecular weight excluding hydrogens is 206 g/mol. The maximum atomic E-state index is 5.27. The van der Waals surface area contributed by atoms with E-state index in [1.165, 1.54) is 0 Å². The lowest BCUT2D eigenvalue weighted by Gasteiger charge is -1.90. The predicted molar refractivity (Wildman–Crippen MR) is 46.4 cm³/mol. The highest BCUT2D eigenvalue weighted by Crippen LogP contribution is 2.26. The van der Waals surface area contributed by atoms with E-state index in [0.29, 0.717) is 0 Å². The molecule has 0 aliphatic carbocycles. The number of rotatable bonds is 0. The van der Waals surface area contributed by atoms with Crippen LogP contribution >= 0.6 is 15.9 Å². The van der Waals surface area contributed by atoms with Crippen LogP contribution in [0, 0.1) is 6.92 Å². The van der Waals surface area contributed by atoms with Crippen molar-refractivity contribution < 1.29 is 4.42 Å². The second-order valence-electron chi connectivity index (χ2n) is 2.36. The van der Waals surface area contributed by atoms with Crippen LogP contribution in [-0.4, -0.2) is 4.98 Å². The average molecular weight is 212 g/mol. The van der Waals surface area contributed by atoms with Gasteiger partial charge < -0.3 is 4.42 Å². The Morgan fingerprint density at radius 3 is 3.09 bits per heavy atom. The summed E-state index contributed by atoms with van der Waals surface area (Å²) >= 11 is 3.38. The molecular formula is C8H6BrNO. The van der Waals surface area contributed by atoms with Gasteiger partial charge in [0.05, 0.1) is 10.2 Å². The summed E-state index contributed by atoms with van der Waals surface area (Å²) in [6.45, 7) is 1.93. The van der Waals surface area contributed by atoms with Crippen LogP contribution in [0.1, 0.15) is 5.69 Å². The third kappa shape index (κ3) is 0.959. The van der Waals surface area contributed by atoms with Gasteiger partial charge in [0.1, 0.15) is 6.26 Å². The van der Waals surface area contributed by atoms with Crippen molar-refractivity contribution in [3.8, 4) is 0 Å². The fourth-order valence-electron chi connectivity index (χ4n) is 1.06. The van der Waals surface area contributed by atoms with Crippen LogP contribution in [0.2, 0.25) is 0 Å². The van der Waals surface area contributed by atoms with Crippen LogP contribution in [0.25, 0.3) is 11.0 Å². The summed E-state index contributed by atoms with van der Waals surface area (Å²) in [4.78, 5) is 4.11. The van der Waals surface area contributed by atoms with Crippen molar-refractivity contribution in [2.24, 2.45) is 0 Å². The third-order valence-corrected chi connectivity index (χ3v) is 2.23. The van der Waals surface area contributed by atoms with Crippen LogP contribution in [0.15, 0.2) is 27.4 Å². The summed E-state index contributed by atoms with van der Waals surface area (Å²) in [5.74, 6) is 0. The lowest BCUT2D eigenvalue weighted by Crippen LogP contribution is -1.77. The Morgan fingerprint density at radius 2 is 2.36 bits per heavy atom. The standard InChI is InChI=1S/C8H6BrNO/c1-5-8-6(2-3-10-5)7(9)4-11-8/h2-4H,1H3. The van der Waals surface area contributed by atoms with Gasteiger partial charge >= 0.3 is 0 Å². The highest BCUT2D eigenvalue weighted by atomic mass is 79.9. The number of furan rings is 1. The SMILES string of the molecule is Cc1nccc2c(Br)coc12. The Hall–Kier alpha value is -0.830. The first kappa shape index (κ1) is 6.85. The molecule has 0 aliphatic heterocycles. The normalized spacial score (nSPS) is 10.7. The molecule has 0 unspecified atom stereocenters. The first-order valence-electron chi connectivity index (χ1n) is 3.27. The van der Waals surface area contributed by atoms with Crippen molar-refractivity contribution in [1.82, 2.24) is 4.98 Å². The van der Waals surface area contributed by atoms with Crippen LogP contribution < -0.4 is 0 Å². The average Bonchev–Trinajstić information content (AvgIpc) is 2.35. The highest BCUT2D eigenvalue weighted by Gasteiger charge is 2.04. The van der Waals surface area contributed by atoms with E-state index in [0.717, 1.165) is 21.1 Å². The van der Waals surface area contributed by atoms with Gasteiger partial charge in [0.25, 0.3) is 0 Å². The number of hydrogen-bond donors (Lipinski definition) is 0. The minimum atomic E-state index is 0.861. The summed E-state index contributed by atoms with van der Waals surface area (Å²) in [5, 5.41) is 1.08. The van der Waals surface area contributed by atoms with E-state index < -0.39 is 0 Å². The van der Waals surface area contributed by atoms with Crippen molar-refractivity contribution in [3.05, 3.63) is 28.7 Å². The summed E-state index contributed by atoms with van der Waals surface area (Å²) in [6.07, 6.45) is 3.46. The fourth-order valence-corrected chi connectivity index (χ4v) is 1.47. The maximum absolute atomic E-state index is 5.27. The second-order valence-corrected chi connectivity index (χ2v) is 3.21. The topological polar surface area (TPSA) is 26.0 Å². The van der Waals surface area contributed by atoms with Crippen LogP contribution in [-0.2, 0) is 0 Å². The first-order valence-corrected chi connectivity index (χ1v) is 4.06.